The Hall–Kier alpha value is -2.88. The van der Waals surface area contributed by atoms with Crippen LogP contribution in [-0.2, 0) is 23.9 Å². The molecule has 0 unspecified atom stereocenters. The zero-order valence-electron chi connectivity index (χ0n) is 18.2. The van der Waals surface area contributed by atoms with Crippen molar-refractivity contribution in [2.75, 3.05) is 56.2 Å². The fourth-order valence-corrected chi connectivity index (χ4v) is 3.94. The smallest absolute Gasteiger partial charge is 0.378 e. The van der Waals surface area contributed by atoms with E-state index in [4.69, 9.17) is 14.7 Å². The Bertz CT molecular complexity index is 992. The minimum Gasteiger partial charge on any atom is -0.378 e. The lowest BCUT2D eigenvalue weighted by Gasteiger charge is -2.34. The summed E-state index contributed by atoms with van der Waals surface area (Å²) in [5.41, 5.74) is 0.924. The number of amides is 1. The van der Waals surface area contributed by atoms with Crippen LogP contribution in [0.2, 0.25) is 0 Å². The Morgan fingerprint density at radius 3 is 2.62 bits per heavy atom. The molecule has 4 rings (SSSR count). The summed E-state index contributed by atoms with van der Waals surface area (Å²) >= 11 is 0. The monoisotopic (exact) mass is 449 g/mol. The number of alkyl halides is 3. The Morgan fingerprint density at radius 1 is 1.19 bits per heavy atom. The van der Waals surface area contributed by atoms with Gasteiger partial charge in [0.05, 0.1) is 31.0 Å². The van der Waals surface area contributed by atoms with Gasteiger partial charge < -0.3 is 19.4 Å². The first-order valence-corrected chi connectivity index (χ1v) is 10.7. The normalized spacial score (nSPS) is 16.7. The molecule has 32 heavy (non-hydrogen) atoms. The van der Waals surface area contributed by atoms with Crippen LogP contribution in [0, 0.1) is 0 Å². The summed E-state index contributed by atoms with van der Waals surface area (Å²) in [4.78, 5) is 28.3. The van der Waals surface area contributed by atoms with E-state index in [0.717, 1.165) is 29.2 Å². The summed E-state index contributed by atoms with van der Waals surface area (Å²) in [6, 6.07) is 4.57. The van der Waals surface area contributed by atoms with Crippen LogP contribution in [0.1, 0.15) is 34.1 Å². The van der Waals surface area contributed by atoms with Gasteiger partial charge >= 0.3 is 6.18 Å². The first kappa shape index (κ1) is 22.3. The van der Waals surface area contributed by atoms with Crippen LogP contribution < -0.4 is 9.80 Å². The van der Waals surface area contributed by atoms with Gasteiger partial charge in [-0.3, -0.25) is 4.79 Å². The van der Waals surface area contributed by atoms with E-state index in [2.05, 4.69) is 4.90 Å². The first-order chi connectivity index (χ1) is 15.3. The standard InChI is InChI=1S/C22H26F3N5O2/c1-3-28(2)19-17-14-30(20(31)15-5-4-6-16(13-15)22(23,24)25)8-7-18(17)26-21(27-19)29-9-11-32-12-10-29/h4-6,13H,3,7-12,14H2,1-2H3. The van der Waals surface area contributed by atoms with Gasteiger partial charge in [-0.15, -0.1) is 0 Å². The van der Waals surface area contributed by atoms with Crippen LogP contribution in [0.5, 0.6) is 0 Å². The van der Waals surface area contributed by atoms with Gasteiger partial charge in [-0.2, -0.15) is 18.2 Å². The second-order valence-electron chi connectivity index (χ2n) is 7.94. The van der Waals surface area contributed by atoms with E-state index in [1.807, 2.05) is 18.9 Å². The number of morpholine rings is 1. The zero-order chi connectivity index (χ0) is 22.9. The number of ether oxygens (including phenoxy) is 1. The maximum Gasteiger partial charge on any atom is 0.416 e. The number of anilines is 2. The summed E-state index contributed by atoms with van der Waals surface area (Å²) in [5, 5.41) is 0. The van der Waals surface area contributed by atoms with E-state index in [9.17, 15) is 18.0 Å². The van der Waals surface area contributed by atoms with E-state index in [0.29, 0.717) is 51.8 Å². The van der Waals surface area contributed by atoms with Gasteiger partial charge in [0.2, 0.25) is 5.95 Å². The van der Waals surface area contributed by atoms with Crippen molar-refractivity contribution in [2.45, 2.75) is 26.1 Å². The molecule has 0 saturated carbocycles. The Balaban J connectivity index is 1.63. The maximum absolute atomic E-state index is 13.1. The lowest BCUT2D eigenvalue weighted by Crippen LogP contribution is -2.40. The highest BCUT2D eigenvalue weighted by Crippen LogP contribution is 2.32. The summed E-state index contributed by atoms with van der Waals surface area (Å²) in [6.07, 6.45) is -3.98. The van der Waals surface area contributed by atoms with Crippen molar-refractivity contribution < 1.29 is 22.7 Å². The number of benzene rings is 1. The molecule has 10 heteroatoms. The molecule has 1 aromatic carbocycles. The topological polar surface area (TPSA) is 61.8 Å². The highest BCUT2D eigenvalue weighted by molar-refractivity contribution is 5.94. The summed E-state index contributed by atoms with van der Waals surface area (Å²) in [6.45, 7) is 6.05. The third-order valence-electron chi connectivity index (χ3n) is 5.88. The van der Waals surface area contributed by atoms with Crippen molar-refractivity contribution in [2.24, 2.45) is 0 Å². The number of halogens is 3. The third-order valence-corrected chi connectivity index (χ3v) is 5.88. The highest BCUT2D eigenvalue weighted by Gasteiger charge is 2.32. The van der Waals surface area contributed by atoms with Gasteiger partial charge in [0.15, 0.2) is 0 Å². The molecule has 0 radical (unpaired) electrons. The molecular formula is C22H26F3N5O2. The lowest BCUT2D eigenvalue weighted by atomic mass is 10.0. The second-order valence-corrected chi connectivity index (χ2v) is 7.94. The molecule has 0 spiro atoms. The van der Waals surface area contributed by atoms with Crippen molar-refractivity contribution >= 4 is 17.7 Å². The molecule has 0 bridgehead atoms. The molecule has 0 aliphatic carbocycles. The molecule has 2 aliphatic rings. The van der Waals surface area contributed by atoms with Crippen LogP contribution in [0.25, 0.3) is 0 Å². The predicted molar refractivity (Wildman–Crippen MR) is 114 cm³/mol. The quantitative estimate of drug-likeness (QED) is 0.715. The Morgan fingerprint density at radius 2 is 1.94 bits per heavy atom. The van der Waals surface area contributed by atoms with Gasteiger partial charge in [-0.25, -0.2) is 4.98 Å². The molecule has 1 aromatic heterocycles. The molecule has 1 amide bonds. The van der Waals surface area contributed by atoms with Gasteiger partial charge in [0, 0.05) is 50.8 Å². The third kappa shape index (κ3) is 4.50. The van der Waals surface area contributed by atoms with Crippen molar-refractivity contribution in [3.05, 3.63) is 46.6 Å². The molecule has 2 aromatic rings. The summed E-state index contributed by atoms with van der Waals surface area (Å²) in [7, 11) is 1.93. The molecule has 2 aliphatic heterocycles. The fraction of sp³-hybridized carbons (Fsp3) is 0.500. The van der Waals surface area contributed by atoms with Crippen LogP contribution in [0.3, 0.4) is 0 Å². The fourth-order valence-electron chi connectivity index (χ4n) is 3.94. The van der Waals surface area contributed by atoms with Gasteiger partial charge in [-0.1, -0.05) is 6.07 Å². The first-order valence-electron chi connectivity index (χ1n) is 10.7. The number of carbonyl (C=O) groups excluding carboxylic acids is 1. The van der Waals surface area contributed by atoms with E-state index in [1.165, 1.54) is 12.1 Å². The maximum atomic E-state index is 13.1. The summed E-state index contributed by atoms with van der Waals surface area (Å²) in [5.74, 6) is 0.977. The van der Waals surface area contributed by atoms with E-state index in [1.54, 1.807) is 4.90 Å². The highest BCUT2D eigenvalue weighted by atomic mass is 19.4. The minimum absolute atomic E-state index is 0.0273. The van der Waals surface area contributed by atoms with Crippen LogP contribution in [-0.4, -0.2) is 67.2 Å². The average Bonchev–Trinajstić information content (AvgIpc) is 2.82. The summed E-state index contributed by atoms with van der Waals surface area (Å²) < 4.78 is 44.7. The zero-order valence-corrected chi connectivity index (χ0v) is 18.2. The number of fused-ring (bicyclic) bond motifs is 1. The number of hydrogen-bond donors (Lipinski definition) is 0. The number of carbonyl (C=O) groups is 1. The van der Waals surface area contributed by atoms with Crippen molar-refractivity contribution in [1.29, 1.82) is 0 Å². The SMILES string of the molecule is CCN(C)c1nc(N2CCOCC2)nc2c1CN(C(=O)c1cccc(C(F)(F)F)c1)CC2. The average molecular weight is 449 g/mol. The molecule has 7 nitrogen and oxygen atoms in total. The van der Waals surface area contributed by atoms with E-state index >= 15 is 0 Å². The van der Waals surface area contributed by atoms with Crippen LogP contribution >= 0.6 is 0 Å². The molecule has 172 valence electrons. The van der Waals surface area contributed by atoms with E-state index < -0.39 is 17.6 Å². The number of hydrogen-bond acceptors (Lipinski definition) is 6. The molecule has 1 fully saturated rings. The second kappa shape index (κ2) is 8.93. The Kier molecular flexibility index (Phi) is 6.23. The molecule has 0 N–H and O–H groups in total. The van der Waals surface area contributed by atoms with Crippen molar-refractivity contribution in [3.8, 4) is 0 Å². The van der Waals surface area contributed by atoms with Crippen LogP contribution in [0.4, 0.5) is 24.9 Å². The predicted octanol–water partition coefficient (Wildman–Crippen LogP) is 2.99. The van der Waals surface area contributed by atoms with Gasteiger partial charge in [0.1, 0.15) is 5.82 Å². The number of aromatic nitrogens is 2. The Labute approximate surface area is 184 Å². The minimum atomic E-state index is -4.49. The number of rotatable bonds is 4. The molecule has 0 atom stereocenters. The lowest BCUT2D eigenvalue weighted by molar-refractivity contribution is -0.137. The van der Waals surface area contributed by atoms with Crippen LogP contribution in [0.15, 0.2) is 24.3 Å². The van der Waals surface area contributed by atoms with Gasteiger partial charge in [-0.05, 0) is 25.1 Å². The molecule has 1 saturated heterocycles. The largest absolute Gasteiger partial charge is 0.416 e. The van der Waals surface area contributed by atoms with Crippen molar-refractivity contribution in [3.63, 3.8) is 0 Å². The van der Waals surface area contributed by atoms with E-state index in [-0.39, 0.29) is 12.1 Å². The molecular weight excluding hydrogens is 423 g/mol. The van der Waals surface area contributed by atoms with Crippen molar-refractivity contribution in [1.82, 2.24) is 14.9 Å². The number of nitrogens with zero attached hydrogens (tertiary/aromatic N) is 5. The molecule has 3 heterocycles. The van der Waals surface area contributed by atoms with Gasteiger partial charge in [0.25, 0.3) is 5.91 Å².